The number of aliphatic hydroxyl groups excluding tert-OH is 1. The molecule has 5 heterocycles. The Bertz CT molecular complexity index is 2980. The van der Waals surface area contributed by atoms with Gasteiger partial charge in [-0.05, 0) is 80.5 Å². The van der Waals surface area contributed by atoms with Crippen LogP contribution in [0.15, 0.2) is 71.7 Å². The third-order valence-electron chi connectivity index (χ3n) is 14.8. The molecule has 5 N–H and O–H groups in total. The average Bonchev–Trinajstić information content (AvgIpc) is 3.88. The fraction of sp³-hybridized carbons (Fsp3) is 0.481. The van der Waals surface area contributed by atoms with Crippen molar-refractivity contribution < 1.29 is 61.8 Å². The topological polar surface area (TPSA) is 268 Å². The summed E-state index contributed by atoms with van der Waals surface area (Å²) in [6, 6.07) is 19.1. The van der Waals surface area contributed by atoms with E-state index in [9.17, 15) is 53.0 Å². The standard InChI is InChI=1S/C52H61N7O13S2/c1-52(2)25-38(54-37-13-5-10-34(24-37)48-46(33-8-4-9-33)47(71-30-45(62)63)49(73-48)50(64)65)17-22-58(52)74(69,70)31-32-7-3-12-36(23-32)55-51(66)72-40-18-20-56(21-19-40)44(61)26-53-42-14-6-11-35-28-59(68,29-41(35)42)39-15-16-43(60)57(67)27-39/h3,5-7,10-14,23-24,33,39-40,50,53,64-65H,4,8-9,15-22,25-31H2,1-2H3,(H-,55,62,63,66)/p+1. The van der Waals surface area contributed by atoms with Crippen LogP contribution in [0.5, 0.6) is 5.75 Å². The van der Waals surface area contributed by atoms with Crippen molar-refractivity contribution in [3.8, 4) is 16.2 Å². The molecule has 22 heteroatoms. The lowest BCUT2D eigenvalue weighted by atomic mass is 9.79. The number of quaternary nitrogens is 1. The molecule has 1 aliphatic carbocycles. The number of fused-ring (bicyclic) bond motifs is 1. The van der Waals surface area contributed by atoms with Crippen LogP contribution in [-0.2, 0) is 48.0 Å². The number of hydroxylamine groups is 3. The number of ether oxygens (including phenoxy) is 2. The Kier molecular flexibility index (Phi) is 15.4. The molecule has 3 aromatic carbocycles. The van der Waals surface area contributed by atoms with Crippen LogP contribution in [0.25, 0.3) is 10.4 Å². The number of piperidine rings is 3. The first-order valence-electron chi connectivity index (χ1n) is 25.0. The summed E-state index contributed by atoms with van der Waals surface area (Å²) in [5.41, 5.74) is 5.37. The maximum absolute atomic E-state index is 14.1. The van der Waals surface area contributed by atoms with E-state index in [0.717, 1.165) is 63.4 Å². The summed E-state index contributed by atoms with van der Waals surface area (Å²) in [5, 5.41) is 49.6. The number of anilines is 2. The molecule has 4 aliphatic heterocycles. The van der Waals surface area contributed by atoms with E-state index >= 15 is 0 Å². The Labute approximate surface area is 432 Å². The highest BCUT2D eigenvalue weighted by Gasteiger charge is 2.46. The third kappa shape index (κ3) is 11.7. The Balaban J connectivity index is 0.754. The van der Waals surface area contributed by atoms with Crippen molar-refractivity contribution in [1.29, 1.82) is 0 Å². The number of thiophene rings is 1. The first kappa shape index (κ1) is 52.7. The summed E-state index contributed by atoms with van der Waals surface area (Å²) in [7, 11) is -3.85. The van der Waals surface area contributed by atoms with Crippen LogP contribution in [-0.4, -0.2) is 129 Å². The van der Waals surface area contributed by atoms with Crippen LogP contribution in [0.3, 0.4) is 0 Å². The molecule has 3 saturated heterocycles. The van der Waals surface area contributed by atoms with Crippen molar-refractivity contribution in [1.82, 2.24) is 9.21 Å². The number of likely N-dealkylation sites (tertiary alicyclic amines) is 1. The predicted molar refractivity (Wildman–Crippen MR) is 275 cm³/mol. The number of hydrogen-bond acceptors (Lipinski definition) is 15. The number of nitroso groups, excluding NO2 is 1. The highest BCUT2D eigenvalue weighted by molar-refractivity contribution is 7.88. The third-order valence-corrected chi connectivity index (χ3v) is 18.2. The largest absolute Gasteiger partial charge is 0.632 e. The predicted octanol–water partition coefficient (Wildman–Crippen LogP) is 7.05. The number of sulfonamides is 1. The van der Waals surface area contributed by atoms with Crippen molar-refractivity contribution in [2.24, 2.45) is 4.99 Å². The quantitative estimate of drug-likeness (QED) is 0.0326. The molecule has 9 rings (SSSR count). The lowest BCUT2D eigenvalue weighted by Gasteiger charge is -2.44. The van der Waals surface area contributed by atoms with E-state index in [2.05, 4.69) is 10.6 Å². The van der Waals surface area contributed by atoms with E-state index in [1.165, 1.54) is 4.31 Å². The summed E-state index contributed by atoms with van der Waals surface area (Å²) < 4.78 is 40.8. The van der Waals surface area contributed by atoms with Crippen molar-refractivity contribution >= 4 is 68.0 Å². The minimum Gasteiger partial charge on any atom is -0.632 e. The molecular formula is C52H62N7O13S2+. The van der Waals surface area contributed by atoms with Gasteiger partial charge in [-0.15, -0.1) is 11.3 Å². The summed E-state index contributed by atoms with van der Waals surface area (Å²) >= 11 is 1.16. The van der Waals surface area contributed by atoms with E-state index in [1.807, 2.05) is 56.3 Å². The highest BCUT2D eigenvalue weighted by Crippen LogP contribution is 2.53. The minimum absolute atomic E-state index is 0.00167. The number of aliphatic imine (C=N–C) groups is 1. The number of hydrogen-bond donors (Lipinski definition) is 5. The van der Waals surface area contributed by atoms with Crippen LogP contribution in [0, 0.1) is 10.1 Å². The number of aliphatic carboxylic acids is 1. The number of carboxylic acids is 1. The molecule has 0 spiro atoms. The van der Waals surface area contributed by atoms with Crippen molar-refractivity contribution in [3.05, 3.63) is 104 Å². The molecule has 394 valence electrons. The van der Waals surface area contributed by atoms with E-state index in [4.69, 9.17) is 14.5 Å². The average molecular weight is 1060 g/mol. The van der Waals surface area contributed by atoms with Crippen molar-refractivity contribution in [3.63, 3.8) is 0 Å². The van der Waals surface area contributed by atoms with Gasteiger partial charge in [0.25, 0.3) is 6.54 Å². The molecule has 3 amide bonds. The van der Waals surface area contributed by atoms with Crippen LogP contribution in [0.2, 0.25) is 0 Å². The van der Waals surface area contributed by atoms with Gasteiger partial charge in [-0.1, -0.05) is 42.8 Å². The monoisotopic (exact) mass is 1060 g/mol. The zero-order chi connectivity index (χ0) is 52.5. The molecule has 5 aliphatic rings. The Morgan fingerprint density at radius 2 is 1.74 bits per heavy atom. The highest BCUT2D eigenvalue weighted by atomic mass is 32.2. The summed E-state index contributed by atoms with van der Waals surface area (Å²) in [6.45, 7) is 4.25. The molecule has 0 radical (unpaired) electrons. The fourth-order valence-corrected chi connectivity index (χ4v) is 14.1. The maximum Gasteiger partial charge on any atom is 0.433 e. The number of carbonyl (C=O) groups excluding carboxylic acids is 3. The van der Waals surface area contributed by atoms with Gasteiger partial charge >= 0.3 is 18.0 Å². The molecule has 0 bridgehead atoms. The second-order valence-electron chi connectivity index (χ2n) is 20.5. The summed E-state index contributed by atoms with van der Waals surface area (Å²) in [5.74, 6) is -1.83. The molecule has 1 saturated carbocycles. The molecule has 1 aromatic heterocycles. The van der Waals surface area contributed by atoms with Crippen LogP contribution < -0.4 is 15.4 Å². The number of carbonyl (C=O) groups is 4. The molecule has 20 nitrogen and oxygen atoms in total. The van der Waals surface area contributed by atoms with E-state index in [-0.39, 0.29) is 67.3 Å². The van der Waals surface area contributed by atoms with Gasteiger partial charge < -0.3 is 44.9 Å². The van der Waals surface area contributed by atoms with E-state index < -0.39 is 63.2 Å². The molecule has 4 fully saturated rings. The van der Waals surface area contributed by atoms with Gasteiger partial charge in [-0.3, -0.25) is 15.1 Å². The van der Waals surface area contributed by atoms with Crippen LogP contribution >= 0.6 is 11.3 Å². The molecule has 74 heavy (non-hydrogen) atoms. The second kappa shape index (κ2) is 21.6. The van der Waals surface area contributed by atoms with Crippen molar-refractivity contribution in [2.45, 2.75) is 120 Å². The molecule has 2 atom stereocenters. The van der Waals surface area contributed by atoms with Gasteiger partial charge in [0.2, 0.25) is 15.9 Å². The summed E-state index contributed by atoms with van der Waals surface area (Å²) in [4.78, 5) is 69.2. The smallest absolute Gasteiger partial charge is 0.433 e. The number of carboxylic acid groups (broad SMARTS) is 1. The zero-order valence-electron chi connectivity index (χ0n) is 41.4. The first-order valence-corrected chi connectivity index (χ1v) is 27.5. The SMILES string of the molecule is CC1(C)CC(=Nc2cccc(-c3sc(C(O)O)c(OCC(=O)O)c3C3CCC3)c2)CCN1S(=O)(=O)Cc1cccc(NC(=O)OC2CCN(C(=O)CNc3cccc4c3C[N+]([O-])(C3CCC(=O)[N+](=O)C3)C4)CC2)c1. The molecular weight excluding hydrogens is 995 g/mol. The Morgan fingerprint density at radius 3 is 2.45 bits per heavy atom. The lowest BCUT2D eigenvalue weighted by Crippen LogP contribution is -2.53. The number of rotatable bonds is 16. The number of nitrogens with one attached hydrogen (secondary N) is 2. The van der Waals surface area contributed by atoms with Gasteiger partial charge in [0.15, 0.2) is 18.9 Å². The van der Waals surface area contributed by atoms with Crippen molar-refractivity contribution in [2.75, 3.05) is 50.0 Å². The zero-order valence-corrected chi connectivity index (χ0v) is 43.0. The summed E-state index contributed by atoms with van der Waals surface area (Å²) in [6.07, 6.45) is 1.74. The van der Waals surface area contributed by atoms with Gasteiger partial charge in [0.05, 0.1) is 29.2 Å². The molecule has 4 aromatic rings. The Morgan fingerprint density at radius 1 is 0.986 bits per heavy atom. The number of nitrogens with zero attached hydrogens (tertiary/aromatic N) is 5. The van der Waals surface area contributed by atoms with Gasteiger partial charge in [-0.25, -0.2) is 22.8 Å². The molecule has 2 unspecified atom stereocenters. The number of aliphatic hydroxyl groups is 2. The number of amides is 3. The lowest BCUT2D eigenvalue weighted by molar-refractivity contribution is -0.932. The van der Waals surface area contributed by atoms with Crippen LogP contribution in [0.4, 0.5) is 21.9 Å². The van der Waals surface area contributed by atoms with Gasteiger partial charge in [0.1, 0.15) is 29.8 Å². The van der Waals surface area contributed by atoms with Crippen LogP contribution in [0.1, 0.15) is 111 Å². The normalized spacial score (nSPS) is 22.1. The fourth-order valence-electron chi connectivity index (χ4n) is 10.9. The van der Waals surface area contributed by atoms with Gasteiger partial charge in [-0.2, -0.15) is 4.31 Å². The number of benzene rings is 3. The van der Waals surface area contributed by atoms with E-state index in [0.29, 0.717) is 72.6 Å². The van der Waals surface area contributed by atoms with Gasteiger partial charge in [0, 0.05) is 94.4 Å². The minimum atomic E-state index is -3.85. The maximum atomic E-state index is 14.1. The second-order valence-corrected chi connectivity index (χ2v) is 23.5. The Hall–Kier alpha value is -6.14. The first-order chi connectivity index (χ1) is 35.2. The van der Waals surface area contributed by atoms with E-state index in [1.54, 1.807) is 29.2 Å².